The van der Waals surface area contributed by atoms with Crippen molar-refractivity contribution in [3.63, 3.8) is 0 Å². The van der Waals surface area contributed by atoms with Crippen molar-refractivity contribution in [3.8, 4) is 0 Å². The molecule has 0 spiro atoms. The molecule has 2 aliphatic rings. The van der Waals surface area contributed by atoms with Gasteiger partial charge < -0.3 is 0 Å². The molecule has 2 atom stereocenters. The average molecular weight is 571 g/mol. The van der Waals surface area contributed by atoms with Gasteiger partial charge in [0.1, 0.15) is 0 Å². The van der Waals surface area contributed by atoms with E-state index in [0.717, 1.165) is 5.02 Å². The van der Waals surface area contributed by atoms with E-state index in [1.165, 1.54) is 27.8 Å². The van der Waals surface area contributed by atoms with Crippen molar-refractivity contribution in [1.29, 1.82) is 0 Å². The van der Waals surface area contributed by atoms with Gasteiger partial charge in [0.05, 0.1) is 0 Å². The first-order valence-electron chi connectivity index (χ1n) is 10.6. The summed E-state index contributed by atoms with van der Waals surface area (Å²) in [5.41, 5.74) is 9.96. The Morgan fingerprint density at radius 1 is 0.871 bits per heavy atom. The number of benzene rings is 2. The minimum atomic E-state index is -3.41. The molecule has 0 fully saturated rings. The fourth-order valence-electron chi connectivity index (χ4n) is 5.89. The molecule has 0 saturated carbocycles. The van der Waals surface area contributed by atoms with Gasteiger partial charge in [-0.15, -0.1) is 24.8 Å². The summed E-state index contributed by atoms with van der Waals surface area (Å²) in [6.45, 7) is 11.8. The molecule has 0 nitrogen and oxygen atoms in total. The molecular weight excluding hydrogens is 538 g/mol. The van der Waals surface area contributed by atoms with Crippen molar-refractivity contribution in [3.05, 3.63) is 96.3 Å². The molecule has 0 radical (unpaired) electrons. The van der Waals surface area contributed by atoms with E-state index >= 15 is 0 Å². The average Bonchev–Trinajstić information content (AvgIpc) is 3.17. The maximum absolute atomic E-state index is 6.90. The second kappa shape index (κ2) is 9.11. The van der Waals surface area contributed by atoms with Crippen molar-refractivity contribution in [2.45, 2.75) is 40.6 Å². The van der Waals surface area contributed by atoms with Crippen LogP contribution in [0, 0.1) is 5.92 Å². The summed E-state index contributed by atoms with van der Waals surface area (Å²) in [5, 5.41) is 0.927. The number of allylic oxidation sites excluding steroid dienone is 5. The maximum Gasteiger partial charge on any atom is -0.147 e. The summed E-state index contributed by atoms with van der Waals surface area (Å²) in [4.78, 5) is 0. The first-order valence-corrected chi connectivity index (χ1v) is 24.4. The molecule has 0 amide bonds. The first-order chi connectivity index (χ1) is 13.5. The van der Waals surface area contributed by atoms with E-state index in [1.54, 1.807) is 14.4 Å². The summed E-state index contributed by atoms with van der Waals surface area (Å²) in [7, 11) is 0. The van der Waals surface area contributed by atoms with E-state index in [4.69, 9.17) is 11.6 Å². The van der Waals surface area contributed by atoms with Gasteiger partial charge in [-0.1, -0.05) is 0 Å². The Morgan fingerprint density at radius 3 is 2.03 bits per heavy atom. The Bertz CT molecular complexity index is 1180. The van der Waals surface area contributed by atoms with Crippen LogP contribution in [0.4, 0.5) is 0 Å². The van der Waals surface area contributed by atoms with Crippen LogP contribution in [0.5, 0.6) is 0 Å². The Kier molecular flexibility index (Phi) is 7.90. The van der Waals surface area contributed by atoms with Crippen LogP contribution in [0.25, 0.3) is 5.57 Å². The Morgan fingerprint density at radius 2 is 1.48 bits per heavy atom. The number of rotatable bonds is 3. The SMILES string of the molecule is CC1=C(C)C(C)[C]([Zr]([CH3])([CH3])(=[SiH2])[CH]2C=C(c3ccccc3)c3cccc(Cl)c32)=C1C.Cl.Cl. The predicted octanol–water partition coefficient (Wildman–Crippen LogP) is 8.26. The van der Waals surface area contributed by atoms with Crippen molar-refractivity contribution >= 4 is 48.9 Å². The molecule has 0 aliphatic heterocycles. The van der Waals surface area contributed by atoms with Gasteiger partial charge in [0, 0.05) is 0 Å². The molecule has 166 valence electrons. The van der Waals surface area contributed by atoms with Gasteiger partial charge >= 0.3 is 184 Å². The summed E-state index contributed by atoms with van der Waals surface area (Å²) in [6.07, 6.45) is 2.57. The maximum atomic E-state index is 6.90. The van der Waals surface area contributed by atoms with E-state index in [-0.39, 0.29) is 24.8 Å². The standard InChI is InChI=1S/C15H10Cl.C9H13.2CH3.2ClH.H2Si.Zr/c16-15-8-4-7-13-12(9-10-14(13)15)11-5-2-1-3-6-11;1-6-5-7(2)9(4)8(6)3;;;;;;/h1-10H;6H,1-4H3;2*1H3;2*1H;1H2;. The normalized spacial score (nSPS) is 20.8. The van der Waals surface area contributed by atoms with Crippen LogP contribution in [-0.2, 0) is 17.4 Å². The summed E-state index contributed by atoms with van der Waals surface area (Å²) < 4.78 is 7.48. The molecule has 0 heterocycles. The molecule has 2 aromatic rings. The number of hydrogen-bond donors (Lipinski definition) is 0. The van der Waals surface area contributed by atoms with E-state index in [2.05, 4.69) is 98.4 Å². The van der Waals surface area contributed by atoms with Crippen molar-refractivity contribution in [2.75, 3.05) is 0 Å². The summed E-state index contributed by atoms with van der Waals surface area (Å²) >= 11 is 3.49. The van der Waals surface area contributed by atoms with Crippen LogP contribution in [0.1, 0.15) is 48.0 Å². The third-order valence-electron chi connectivity index (χ3n) is 7.59. The van der Waals surface area contributed by atoms with Gasteiger partial charge in [0.2, 0.25) is 0 Å². The van der Waals surface area contributed by atoms with E-state index in [1.807, 2.05) is 0 Å². The van der Waals surface area contributed by atoms with Crippen LogP contribution < -0.4 is 0 Å². The molecule has 5 heteroatoms. The number of hydrogen-bond acceptors (Lipinski definition) is 0. The van der Waals surface area contributed by atoms with E-state index < -0.39 is 17.4 Å². The fraction of sp³-hybridized carbons (Fsp3) is 0.308. The van der Waals surface area contributed by atoms with E-state index in [9.17, 15) is 0 Å². The molecule has 2 aromatic carbocycles. The van der Waals surface area contributed by atoms with Gasteiger partial charge in [0.15, 0.2) is 0 Å². The quantitative estimate of drug-likeness (QED) is 0.326. The first kappa shape index (κ1) is 26.9. The summed E-state index contributed by atoms with van der Waals surface area (Å²) in [6, 6.07) is 17.3. The fourth-order valence-corrected chi connectivity index (χ4v) is 24.8. The minimum Gasteiger partial charge on any atom is -0.147 e. The zero-order valence-electron chi connectivity index (χ0n) is 19.3. The van der Waals surface area contributed by atoms with Crippen molar-refractivity contribution in [2.24, 2.45) is 5.92 Å². The van der Waals surface area contributed by atoms with Crippen LogP contribution >= 0.6 is 36.4 Å². The Hall–Kier alpha value is -0.370. The van der Waals surface area contributed by atoms with Crippen LogP contribution in [0.15, 0.2) is 74.6 Å². The van der Waals surface area contributed by atoms with Crippen LogP contribution in [-0.4, -0.2) is 6.88 Å². The van der Waals surface area contributed by atoms with Gasteiger partial charge in [-0.3, -0.25) is 0 Å². The molecule has 2 aliphatic carbocycles. The third-order valence-corrected chi connectivity index (χ3v) is 25.1. The second-order valence-corrected chi connectivity index (χ2v) is 39.9. The zero-order valence-corrected chi connectivity index (χ0v) is 25.5. The third kappa shape index (κ3) is 4.17. The zero-order chi connectivity index (χ0) is 21.2. The Balaban J connectivity index is 0.00000171. The van der Waals surface area contributed by atoms with Gasteiger partial charge in [-0.2, -0.15) is 0 Å². The molecule has 0 N–H and O–H groups in total. The second-order valence-electron chi connectivity index (χ2n) is 10.0. The Labute approximate surface area is 207 Å². The van der Waals surface area contributed by atoms with Gasteiger partial charge in [0.25, 0.3) is 0 Å². The molecule has 2 unspecified atom stereocenters. The molecule has 0 bridgehead atoms. The van der Waals surface area contributed by atoms with Crippen LogP contribution in [0.2, 0.25) is 14.3 Å². The van der Waals surface area contributed by atoms with Gasteiger partial charge in [-0.05, 0) is 0 Å². The van der Waals surface area contributed by atoms with Gasteiger partial charge in [-0.25, -0.2) is 0 Å². The number of halogens is 3. The largest absolute Gasteiger partial charge is 0.147 e. The predicted molar refractivity (Wildman–Crippen MR) is 143 cm³/mol. The number of fused-ring (bicyclic) bond motifs is 1. The van der Waals surface area contributed by atoms with Crippen molar-refractivity contribution < 1.29 is 17.4 Å². The monoisotopic (exact) mass is 568 g/mol. The molecule has 4 rings (SSSR count). The van der Waals surface area contributed by atoms with E-state index in [0.29, 0.717) is 9.54 Å². The van der Waals surface area contributed by atoms with Crippen LogP contribution in [0.3, 0.4) is 0 Å². The minimum absolute atomic E-state index is 0. The molecular formula is C26H33Cl3SiZr. The van der Waals surface area contributed by atoms with Crippen molar-refractivity contribution in [1.82, 2.24) is 0 Å². The smallest absolute Gasteiger partial charge is 0.147 e. The summed E-state index contributed by atoms with van der Waals surface area (Å²) in [5.74, 6) is 0.549. The topological polar surface area (TPSA) is 0 Å². The molecule has 31 heavy (non-hydrogen) atoms. The molecule has 0 saturated heterocycles. The molecule has 0 aromatic heterocycles.